The third-order valence-corrected chi connectivity index (χ3v) is 4.98. The Morgan fingerprint density at radius 1 is 0.400 bits per heavy atom. The van der Waals surface area contributed by atoms with Crippen LogP contribution < -0.4 is 0 Å². The van der Waals surface area contributed by atoms with Gasteiger partial charge in [0, 0.05) is 30.4 Å². The topological polar surface area (TPSA) is 407 Å². The van der Waals surface area contributed by atoms with Crippen LogP contribution in [0.4, 0.5) is 0 Å². The number of carbonyl (C=O) groups is 5. The van der Waals surface area contributed by atoms with Crippen LogP contribution in [-0.4, -0.2) is 174 Å². The van der Waals surface area contributed by atoms with Crippen LogP contribution in [0.1, 0.15) is 25.7 Å². The molecule has 0 unspecified atom stereocenters. The van der Waals surface area contributed by atoms with Crippen molar-refractivity contribution in [2.24, 2.45) is 20.8 Å². The number of hydrogen-bond donors (Lipinski definition) is 13. The lowest BCUT2D eigenvalue weighted by atomic mass is 9.93. The summed E-state index contributed by atoms with van der Waals surface area (Å²) >= 11 is 0. The van der Waals surface area contributed by atoms with Gasteiger partial charge in [-0.2, -0.15) is 0 Å². The van der Waals surface area contributed by atoms with Gasteiger partial charge in [-0.3, -0.25) is 0 Å². The quantitative estimate of drug-likeness (QED) is 0.0285. The molecule has 22 nitrogen and oxygen atoms in total. The van der Waals surface area contributed by atoms with E-state index in [0.29, 0.717) is 13.1 Å². The molecule has 318 valence electrons. The van der Waals surface area contributed by atoms with Crippen molar-refractivity contribution in [3.8, 4) is 0 Å². The van der Waals surface area contributed by atoms with Gasteiger partial charge in [-0.15, -0.1) is 0 Å². The van der Waals surface area contributed by atoms with E-state index in [0.717, 1.165) is 56.1 Å². The molecule has 0 bridgehead atoms. The Labute approximate surface area is 317 Å². The summed E-state index contributed by atoms with van der Waals surface area (Å²) in [5, 5.41) is 106. The monoisotopic (exact) mass is 800 g/mol. The molecule has 0 saturated carbocycles. The number of carboxylic acids is 5. The van der Waals surface area contributed by atoms with Gasteiger partial charge in [-0.25, -0.2) is 43.5 Å². The summed E-state index contributed by atoms with van der Waals surface area (Å²) in [7, 11) is 0. The van der Waals surface area contributed by atoms with E-state index in [1.54, 1.807) is 0 Å². The highest BCUT2D eigenvalue weighted by atomic mass is 16.4. The highest BCUT2D eigenvalue weighted by molar-refractivity contribution is 5.80. The van der Waals surface area contributed by atoms with E-state index in [2.05, 4.69) is 42.9 Å². The molecule has 0 saturated heterocycles. The zero-order chi connectivity index (χ0) is 45.2. The van der Waals surface area contributed by atoms with Crippen molar-refractivity contribution in [1.29, 1.82) is 0 Å². The van der Waals surface area contributed by atoms with E-state index >= 15 is 0 Å². The van der Waals surface area contributed by atoms with Crippen molar-refractivity contribution in [3.63, 3.8) is 0 Å². The largest absolute Gasteiger partial charge is 0.478 e. The van der Waals surface area contributed by atoms with Crippen LogP contribution in [0.5, 0.6) is 0 Å². The number of rotatable bonds is 20. The summed E-state index contributed by atoms with van der Waals surface area (Å²) in [5.41, 5.74) is -2.22. The molecule has 0 aromatic rings. The highest BCUT2D eigenvalue weighted by Crippen LogP contribution is 2.12. The maximum absolute atomic E-state index is 9.63. The van der Waals surface area contributed by atoms with Gasteiger partial charge in [-0.05, 0) is 12.8 Å². The van der Waals surface area contributed by atoms with Crippen molar-refractivity contribution in [3.05, 3.63) is 63.3 Å². The van der Waals surface area contributed by atoms with E-state index in [9.17, 15) is 33.6 Å². The average molecular weight is 801 g/mol. The fraction of sp³-hybridized carbons (Fsp3) is 0.485. The number of carboxylic acid groups (broad SMARTS) is 5. The third kappa shape index (κ3) is 74.6. The average Bonchev–Trinajstić information content (AvgIpc) is 3.19. The molecule has 0 aromatic heterocycles. The predicted octanol–water partition coefficient (Wildman–Crippen LogP) is -1.61. The first kappa shape index (κ1) is 67.6. The minimum atomic E-state index is -1.11. The van der Waals surface area contributed by atoms with Gasteiger partial charge in [0.05, 0.1) is 76.8 Å². The summed E-state index contributed by atoms with van der Waals surface area (Å²) in [6.45, 7) is 12.7. The van der Waals surface area contributed by atoms with Gasteiger partial charge < -0.3 is 66.4 Å². The van der Waals surface area contributed by atoms with Crippen molar-refractivity contribution >= 4 is 42.0 Å². The lowest BCUT2D eigenvalue weighted by molar-refractivity contribution is -0.132. The molecular weight excluding hydrogens is 744 g/mol. The molecule has 0 aliphatic heterocycles. The molecule has 22 heteroatoms. The molecule has 0 aromatic carbocycles. The SMILES string of the molecule is C=CC(=O)O.C=CC(=O)O.C=CC(=O)O.C=CC(=O)O.C=CC(=O)O.O=C=NCCCCCCN=C=O.OCC(CO)(CO)CO.OCC(CO)(CO)CO. The molecule has 0 heterocycles. The fourth-order valence-corrected chi connectivity index (χ4v) is 1.43. The van der Waals surface area contributed by atoms with E-state index in [4.69, 9.17) is 66.4 Å². The first-order valence-electron chi connectivity index (χ1n) is 15.0. The second kappa shape index (κ2) is 55.2. The molecule has 0 amide bonds. The van der Waals surface area contributed by atoms with Gasteiger partial charge in [0.25, 0.3) is 0 Å². The Kier molecular flexibility index (Phi) is 67.9. The number of isocyanates is 2. The molecule has 0 rings (SSSR count). The normalized spacial score (nSPS) is 8.65. The van der Waals surface area contributed by atoms with E-state index in [1.165, 1.54) is 12.2 Å². The Balaban J connectivity index is -0.0000000786. The molecule has 0 atom stereocenters. The van der Waals surface area contributed by atoms with Crippen LogP contribution in [-0.2, 0) is 33.6 Å². The maximum Gasteiger partial charge on any atom is 0.327 e. The lowest BCUT2D eigenvalue weighted by Gasteiger charge is -2.23. The van der Waals surface area contributed by atoms with Crippen LogP contribution in [0.25, 0.3) is 0 Å². The molecular formula is C33H56N2O20. The Morgan fingerprint density at radius 2 is 0.545 bits per heavy atom. The van der Waals surface area contributed by atoms with E-state index in [1.807, 2.05) is 0 Å². The van der Waals surface area contributed by atoms with E-state index in [-0.39, 0.29) is 0 Å². The number of aliphatic hydroxyl groups is 8. The third-order valence-electron chi connectivity index (χ3n) is 4.98. The summed E-state index contributed by atoms with van der Waals surface area (Å²) in [6, 6.07) is 0. The second-order valence-corrected chi connectivity index (χ2v) is 9.34. The zero-order valence-electron chi connectivity index (χ0n) is 30.4. The number of nitrogens with zero attached hydrogens (tertiary/aromatic N) is 2. The van der Waals surface area contributed by atoms with Crippen LogP contribution in [0.15, 0.2) is 73.3 Å². The molecule has 0 aliphatic carbocycles. The number of aliphatic imine (C=N–C) groups is 2. The van der Waals surface area contributed by atoms with Gasteiger partial charge in [0.15, 0.2) is 0 Å². The zero-order valence-corrected chi connectivity index (χ0v) is 30.4. The number of aliphatic hydroxyl groups excluding tert-OH is 8. The summed E-state index contributed by atoms with van der Waals surface area (Å²) in [6.07, 6.45) is 11.0. The van der Waals surface area contributed by atoms with Crippen molar-refractivity contribution in [2.45, 2.75) is 25.7 Å². The fourth-order valence-electron chi connectivity index (χ4n) is 1.43. The standard InChI is InChI=1S/C8H12N2O2.2C5H12O4.5C3H4O2/c11-7-9-5-3-1-2-4-6-10-8-12;2*6-1-5(2-7,3-8)4-9;5*1-2-3(4)5/h1-6H2;2*6-9H,1-4H2;5*2H,1H2,(H,4,5). The number of carbonyl (C=O) groups excluding carboxylic acids is 2. The minimum absolute atomic E-state index is 0.406. The second-order valence-electron chi connectivity index (χ2n) is 9.34. The maximum atomic E-state index is 9.63. The van der Waals surface area contributed by atoms with Gasteiger partial charge in [0.1, 0.15) is 0 Å². The molecule has 0 spiro atoms. The Hall–Kier alpha value is -5.51. The van der Waals surface area contributed by atoms with Crippen molar-refractivity contribution in [1.82, 2.24) is 0 Å². The first-order chi connectivity index (χ1) is 25.7. The molecule has 0 fully saturated rings. The van der Waals surface area contributed by atoms with Crippen LogP contribution in [0, 0.1) is 10.8 Å². The molecule has 13 N–H and O–H groups in total. The molecule has 0 radical (unpaired) electrons. The summed E-state index contributed by atoms with van der Waals surface area (Å²) < 4.78 is 0. The Bertz CT molecular complexity index is 941. The van der Waals surface area contributed by atoms with Crippen LogP contribution in [0.3, 0.4) is 0 Å². The van der Waals surface area contributed by atoms with Crippen LogP contribution >= 0.6 is 0 Å². The Morgan fingerprint density at radius 3 is 0.618 bits per heavy atom. The van der Waals surface area contributed by atoms with E-state index < -0.39 is 93.5 Å². The van der Waals surface area contributed by atoms with Crippen LogP contribution in [0.2, 0.25) is 0 Å². The van der Waals surface area contributed by atoms with Gasteiger partial charge in [-0.1, -0.05) is 45.7 Å². The predicted molar refractivity (Wildman–Crippen MR) is 195 cm³/mol. The smallest absolute Gasteiger partial charge is 0.327 e. The first-order valence-corrected chi connectivity index (χ1v) is 15.0. The highest BCUT2D eigenvalue weighted by Gasteiger charge is 2.27. The minimum Gasteiger partial charge on any atom is -0.478 e. The van der Waals surface area contributed by atoms with Gasteiger partial charge in [0.2, 0.25) is 12.2 Å². The summed E-state index contributed by atoms with van der Waals surface area (Å²) in [4.78, 5) is 72.3. The molecule has 55 heavy (non-hydrogen) atoms. The number of hydrogen-bond acceptors (Lipinski definition) is 17. The van der Waals surface area contributed by atoms with Crippen molar-refractivity contribution < 1.29 is 99.9 Å². The summed E-state index contributed by atoms with van der Waals surface area (Å²) in [5.74, 6) is -4.91. The van der Waals surface area contributed by atoms with Gasteiger partial charge >= 0.3 is 29.8 Å². The number of unbranched alkanes of at least 4 members (excludes halogenated alkanes) is 3. The lowest BCUT2D eigenvalue weighted by Crippen LogP contribution is -2.37. The molecule has 0 aliphatic rings. The van der Waals surface area contributed by atoms with Crippen molar-refractivity contribution in [2.75, 3.05) is 65.9 Å². The number of aliphatic carboxylic acids is 5.